The summed E-state index contributed by atoms with van der Waals surface area (Å²) in [4.78, 5) is 73.0. The number of carbonyl (C=O) groups excluding carboxylic acids is 4. The van der Waals surface area contributed by atoms with E-state index in [-0.39, 0.29) is 25.7 Å². The van der Waals surface area contributed by atoms with E-state index in [4.69, 9.17) is 37.0 Å². The zero-order valence-electron chi connectivity index (χ0n) is 65.8. The molecular weight excluding hydrogens is 1310 g/mol. The summed E-state index contributed by atoms with van der Waals surface area (Å²) in [5, 5.41) is 10.6. The first kappa shape index (κ1) is 98.1. The van der Waals surface area contributed by atoms with Crippen molar-refractivity contribution in [3.8, 4) is 0 Å². The lowest BCUT2D eigenvalue weighted by Gasteiger charge is -2.21. The Bertz CT molecular complexity index is 1960. The maximum atomic E-state index is 13.1. The minimum absolute atomic E-state index is 0.106. The quantitative estimate of drug-likeness (QED) is 0.0222. The molecule has 19 heteroatoms. The second-order valence-electron chi connectivity index (χ2n) is 30.6. The molecule has 0 saturated carbocycles. The molecule has 4 unspecified atom stereocenters. The molecule has 17 nitrogen and oxygen atoms in total. The van der Waals surface area contributed by atoms with E-state index >= 15 is 0 Å². The van der Waals surface area contributed by atoms with Crippen LogP contribution in [0.2, 0.25) is 0 Å². The summed E-state index contributed by atoms with van der Waals surface area (Å²) in [6, 6.07) is 0. The number of aliphatic hydroxyl groups excluding tert-OH is 1. The van der Waals surface area contributed by atoms with Gasteiger partial charge in [-0.05, 0) is 49.4 Å². The van der Waals surface area contributed by atoms with Gasteiger partial charge in [0, 0.05) is 25.7 Å². The highest BCUT2D eigenvalue weighted by atomic mass is 31.2. The predicted octanol–water partition coefficient (Wildman–Crippen LogP) is 24.0. The molecule has 0 fully saturated rings. The lowest BCUT2D eigenvalue weighted by Crippen LogP contribution is -2.30. The number of phosphoric acid groups is 2. The Morgan fingerprint density at radius 2 is 0.480 bits per heavy atom. The van der Waals surface area contributed by atoms with E-state index in [2.05, 4.69) is 55.4 Å². The zero-order valence-corrected chi connectivity index (χ0v) is 67.6. The number of ether oxygens (including phenoxy) is 4. The van der Waals surface area contributed by atoms with Gasteiger partial charge in [0.2, 0.25) is 0 Å². The van der Waals surface area contributed by atoms with Crippen LogP contribution >= 0.6 is 15.6 Å². The molecule has 0 amide bonds. The van der Waals surface area contributed by atoms with Crippen molar-refractivity contribution in [2.45, 2.75) is 433 Å². The van der Waals surface area contributed by atoms with Gasteiger partial charge in [-0.15, -0.1) is 0 Å². The topological polar surface area (TPSA) is 237 Å². The minimum Gasteiger partial charge on any atom is -0.462 e. The van der Waals surface area contributed by atoms with Gasteiger partial charge >= 0.3 is 39.5 Å². The van der Waals surface area contributed by atoms with Gasteiger partial charge in [0.1, 0.15) is 19.3 Å². The van der Waals surface area contributed by atoms with Gasteiger partial charge in [0.25, 0.3) is 0 Å². The van der Waals surface area contributed by atoms with Gasteiger partial charge < -0.3 is 33.8 Å². The summed E-state index contributed by atoms with van der Waals surface area (Å²) >= 11 is 0. The number of carbonyl (C=O) groups is 4. The highest BCUT2D eigenvalue weighted by Gasteiger charge is 2.30. The normalized spacial score (nSPS) is 14.6. The average Bonchev–Trinajstić information content (AvgIpc) is 0.972. The highest BCUT2D eigenvalue weighted by Crippen LogP contribution is 2.45. The van der Waals surface area contributed by atoms with Crippen molar-refractivity contribution >= 4 is 39.5 Å². The summed E-state index contributed by atoms with van der Waals surface area (Å²) in [6.45, 7) is 14.3. The molecule has 100 heavy (non-hydrogen) atoms. The standard InChI is InChI=1S/C81H158O17P2/c1-9-73(7)59-51-43-34-28-22-15-11-13-17-24-30-36-45-53-61-78(83)91-67-76(97-80(85)63-55-47-37-31-25-18-14-12-16-23-29-35-44-52-60-74(8)10-2)69-95-99(87,88)93-65-75(82)66-94-100(89,90)96-70-77(68-92-79(84)62-54-46-40-39-42-50-58-72(5)6)98-81(86)64-56-48-38-32-26-20-19-21-27-33-41-49-57-71(3)4/h71-77,82H,9-70H2,1-8H3,(H,87,88)(H,89,90)/t73?,74?,75-,76-,77-/m1/s1. The monoisotopic (exact) mass is 1470 g/mol. The summed E-state index contributed by atoms with van der Waals surface area (Å²) in [6.07, 6.45) is 56.9. The largest absolute Gasteiger partial charge is 0.472 e. The maximum Gasteiger partial charge on any atom is 0.472 e. The summed E-state index contributed by atoms with van der Waals surface area (Å²) < 4.78 is 68.7. The molecule has 0 aliphatic carbocycles. The number of unbranched alkanes of at least 4 members (excludes halogenated alkanes) is 42. The van der Waals surface area contributed by atoms with Crippen molar-refractivity contribution in [2.75, 3.05) is 39.6 Å². The molecule has 594 valence electrons. The third kappa shape index (κ3) is 71.7. The van der Waals surface area contributed by atoms with Crippen LogP contribution in [-0.4, -0.2) is 96.7 Å². The van der Waals surface area contributed by atoms with E-state index in [0.717, 1.165) is 114 Å². The van der Waals surface area contributed by atoms with Crippen LogP contribution in [0.25, 0.3) is 0 Å². The second-order valence-corrected chi connectivity index (χ2v) is 33.5. The Balaban J connectivity index is 5.24. The summed E-state index contributed by atoms with van der Waals surface area (Å²) in [5.41, 5.74) is 0. The third-order valence-electron chi connectivity index (χ3n) is 19.5. The van der Waals surface area contributed by atoms with Gasteiger partial charge in [0.15, 0.2) is 12.2 Å². The molecule has 0 saturated heterocycles. The van der Waals surface area contributed by atoms with Crippen LogP contribution in [0.3, 0.4) is 0 Å². The molecular formula is C81H158O17P2. The van der Waals surface area contributed by atoms with Crippen LogP contribution < -0.4 is 0 Å². The predicted molar refractivity (Wildman–Crippen MR) is 409 cm³/mol. The summed E-state index contributed by atoms with van der Waals surface area (Å²) in [5.74, 6) is 1.04. The van der Waals surface area contributed by atoms with Gasteiger partial charge in [-0.3, -0.25) is 37.3 Å². The van der Waals surface area contributed by atoms with Crippen molar-refractivity contribution in [2.24, 2.45) is 23.7 Å². The number of aliphatic hydroxyl groups is 1. The van der Waals surface area contributed by atoms with Crippen molar-refractivity contribution < 1.29 is 80.2 Å². The first-order chi connectivity index (χ1) is 48.2. The number of esters is 4. The highest BCUT2D eigenvalue weighted by molar-refractivity contribution is 7.47. The molecule has 0 spiro atoms. The lowest BCUT2D eigenvalue weighted by molar-refractivity contribution is -0.161. The SMILES string of the molecule is CCC(C)CCCCCCCCCCCCCCCCC(=O)OC[C@H](COP(=O)(O)OC[C@@H](O)COP(=O)(O)OC[C@@H](COC(=O)CCCCCCCCC(C)C)OC(=O)CCCCCCCCCCCCCCC(C)C)OC(=O)CCCCCCCCCCCCCCCCC(C)CC. The first-order valence-corrected chi connectivity index (χ1v) is 44.8. The second kappa shape index (κ2) is 70.1. The van der Waals surface area contributed by atoms with E-state index < -0.39 is 97.5 Å². The van der Waals surface area contributed by atoms with Crippen LogP contribution in [-0.2, 0) is 65.4 Å². The van der Waals surface area contributed by atoms with Crippen LogP contribution in [0.1, 0.15) is 415 Å². The molecule has 0 bridgehead atoms. The van der Waals surface area contributed by atoms with Crippen molar-refractivity contribution in [1.29, 1.82) is 0 Å². The Morgan fingerprint density at radius 1 is 0.280 bits per heavy atom. The van der Waals surface area contributed by atoms with Crippen molar-refractivity contribution in [3.63, 3.8) is 0 Å². The number of hydrogen-bond acceptors (Lipinski definition) is 15. The Morgan fingerprint density at radius 3 is 0.710 bits per heavy atom. The van der Waals surface area contributed by atoms with Crippen molar-refractivity contribution in [3.05, 3.63) is 0 Å². The molecule has 7 atom stereocenters. The van der Waals surface area contributed by atoms with E-state index in [9.17, 15) is 43.2 Å². The first-order valence-electron chi connectivity index (χ1n) is 41.8. The van der Waals surface area contributed by atoms with Gasteiger partial charge in [-0.1, -0.05) is 364 Å². The fourth-order valence-electron chi connectivity index (χ4n) is 12.4. The smallest absolute Gasteiger partial charge is 0.462 e. The number of rotatable bonds is 78. The molecule has 3 N–H and O–H groups in total. The van der Waals surface area contributed by atoms with E-state index in [1.807, 2.05) is 0 Å². The van der Waals surface area contributed by atoms with Gasteiger partial charge in [-0.25, -0.2) is 9.13 Å². The lowest BCUT2D eigenvalue weighted by atomic mass is 9.99. The van der Waals surface area contributed by atoms with Crippen LogP contribution in [0, 0.1) is 23.7 Å². The molecule has 0 heterocycles. The zero-order chi connectivity index (χ0) is 73.8. The average molecular weight is 1470 g/mol. The molecule has 0 radical (unpaired) electrons. The fraction of sp³-hybridized carbons (Fsp3) is 0.951. The molecule has 0 aromatic heterocycles. The van der Waals surface area contributed by atoms with Crippen LogP contribution in [0.15, 0.2) is 0 Å². The fourth-order valence-corrected chi connectivity index (χ4v) is 13.9. The van der Waals surface area contributed by atoms with Gasteiger partial charge in [0.05, 0.1) is 26.4 Å². The van der Waals surface area contributed by atoms with Gasteiger partial charge in [-0.2, -0.15) is 0 Å². The number of hydrogen-bond donors (Lipinski definition) is 3. The Labute approximate surface area is 613 Å². The van der Waals surface area contributed by atoms with Crippen LogP contribution in [0.4, 0.5) is 0 Å². The molecule has 0 aromatic carbocycles. The third-order valence-corrected chi connectivity index (χ3v) is 21.4. The Hall–Kier alpha value is -1.94. The van der Waals surface area contributed by atoms with E-state index in [1.54, 1.807) is 0 Å². The van der Waals surface area contributed by atoms with E-state index in [0.29, 0.717) is 31.6 Å². The van der Waals surface area contributed by atoms with Crippen molar-refractivity contribution in [1.82, 2.24) is 0 Å². The van der Waals surface area contributed by atoms with Crippen LogP contribution in [0.5, 0.6) is 0 Å². The number of phosphoric ester groups is 2. The molecule has 0 rings (SSSR count). The minimum atomic E-state index is -4.96. The molecule has 0 aliphatic rings. The molecule has 0 aliphatic heterocycles. The summed E-state index contributed by atoms with van der Waals surface area (Å²) in [7, 11) is -9.92. The Kier molecular flexibility index (Phi) is 68.7. The molecule has 0 aromatic rings. The van der Waals surface area contributed by atoms with E-state index in [1.165, 1.54) is 212 Å². The maximum absolute atomic E-state index is 13.1.